The van der Waals surface area contributed by atoms with Crippen molar-refractivity contribution in [2.24, 2.45) is 5.41 Å². The molecule has 1 heterocycles. The number of alkyl halides is 3. The Morgan fingerprint density at radius 1 is 1.12 bits per heavy atom. The summed E-state index contributed by atoms with van der Waals surface area (Å²) >= 11 is 0. The third-order valence-corrected chi connectivity index (χ3v) is 3.70. The van der Waals surface area contributed by atoms with Crippen LogP contribution in [0.4, 0.5) is 13.2 Å². The van der Waals surface area contributed by atoms with E-state index in [0.717, 1.165) is 25.7 Å². The number of hydrogen-bond donors (Lipinski definition) is 1. The van der Waals surface area contributed by atoms with Crippen molar-refractivity contribution in [1.82, 2.24) is 5.32 Å². The zero-order valence-corrected chi connectivity index (χ0v) is 9.28. The van der Waals surface area contributed by atoms with Crippen LogP contribution >= 0.6 is 0 Å². The largest absolute Gasteiger partial charge is 0.415 e. The third kappa shape index (κ3) is 2.69. The van der Waals surface area contributed by atoms with Gasteiger partial charge in [-0.2, -0.15) is 13.2 Å². The number of hydrogen-bond acceptors (Lipinski definition) is 2. The summed E-state index contributed by atoms with van der Waals surface area (Å²) in [4.78, 5) is 0. The molecule has 1 spiro atoms. The Hall–Kier alpha value is -0.290. The first kappa shape index (κ1) is 12.2. The fraction of sp³-hybridized carbons (Fsp3) is 1.00. The highest BCUT2D eigenvalue weighted by Gasteiger charge is 2.44. The molecule has 1 saturated heterocycles. The Kier molecular flexibility index (Phi) is 3.45. The maximum atomic E-state index is 12.5. The number of rotatable bonds is 0. The van der Waals surface area contributed by atoms with E-state index in [0.29, 0.717) is 6.54 Å². The van der Waals surface area contributed by atoms with Gasteiger partial charge < -0.3 is 10.1 Å². The lowest BCUT2D eigenvalue weighted by Gasteiger charge is -2.35. The molecule has 2 aliphatic rings. The van der Waals surface area contributed by atoms with Crippen LogP contribution in [0.1, 0.15) is 32.1 Å². The normalized spacial score (nSPS) is 31.3. The first-order valence-corrected chi connectivity index (χ1v) is 5.91. The fourth-order valence-electron chi connectivity index (χ4n) is 2.69. The molecule has 1 aliphatic heterocycles. The minimum absolute atomic E-state index is 0.0434. The molecule has 94 valence electrons. The van der Waals surface area contributed by atoms with E-state index in [9.17, 15) is 13.2 Å². The van der Waals surface area contributed by atoms with Crippen LogP contribution in [0.25, 0.3) is 0 Å². The summed E-state index contributed by atoms with van der Waals surface area (Å²) in [7, 11) is 0. The van der Waals surface area contributed by atoms with Gasteiger partial charge in [-0.05, 0) is 12.8 Å². The topological polar surface area (TPSA) is 21.3 Å². The molecule has 2 fully saturated rings. The average Bonchev–Trinajstić information content (AvgIpc) is 2.42. The predicted octanol–water partition coefficient (Wildman–Crippen LogP) is 2.49. The monoisotopic (exact) mass is 237 g/mol. The molecule has 0 aromatic heterocycles. The molecule has 16 heavy (non-hydrogen) atoms. The van der Waals surface area contributed by atoms with Crippen LogP contribution in [0.3, 0.4) is 0 Å². The highest BCUT2D eigenvalue weighted by atomic mass is 19.4. The quantitative estimate of drug-likeness (QED) is 0.699. The molecule has 0 radical (unpaired) electrons. The van der Waals surface area contributed by atoms with Gasteiger partial charge in [0, 0.05) is 18.5 Å². The van der Waals surface area contributed by atoms with E-state index in [4.69, 9.17) is 4.74 Å². The Morgan fingerprint density at radius 3 is 2.44 bits per heavy atom. The van der Waals surface area contributed by atoms with Crippen LogP contribution < -0.4 is 5.32 Å². The zero-order chi connectivity index (χ0) is 11.6. The zero-order valence-electron chi connectivity index (χ0n) is 9.28. The van der Waals surface area contributed by atoms with Gasteiger partial charge in [0.15, 0.2) is 6.10 Å². The molecule has 0 aromatic carbocycles. The molecule has 1 N–H and O–H groups in total. The second-order valence-corrected chi connectivity index (χ2v) is 5.03. The van der Waals surface area contributed by atoms with Crippen LogP contribution in [-0.2, 0) is 4.74 Å². The van der Waals surface area contributed by atoms with E-state index in [-0.39, 0.29) is 18.6 Å². The van der Waals surface area contributed by atoms with Crippen LogP contribution in [0.2, 0.25) is 0 Å². The average molecular weight is 237 g/mol. The molecule has 0 amide bonds. The molecule has 0 bridgehead atoms. The second kappa shape index (κ2) is 4.53. The molecule has 1 unspecified atom stereocenters. The van der Waals surface area contributed by atoms with Crippen molar-refractivity contribution in [2.45, 2.75) is 44.4 Å². The molecule has 1 aliphatic carbocycles. The van der Waals surface area contributed by atoms with Crippen molar-refractivity contribution in [3.63, 3.8) is 0 Å². The lowest BCUT2D eigenvalue weighted by atomic mass is 9.75. The maximum absolute atomic E-state index is 12.5. The summed E-state index contributed by atoms with van der Waals surface area (Å²) < 4.78 is 42.6. The van der Waals surface area contributed by atoms with Crippen LogP contribution in [0, 0.1) is 5.41 Å². The molecular weight excluding hydrogens is 219 g/mol. The highest BCUT2D eigenvalue weighted by Crippen LogP contribution is 2.38. The standard InChI is InChI=1S/C11H18F3NO/c12-11(13,14)9-6-15-7-10(8-16-9)4-2-1-3-5-10/h9,15H,1-8H2. The third-order valence-electron chi connectivity index (χ3n) is 3.70. The number of nitrogens with one attached hydrogen (secondary N) is 1. The molecule has 5 heteroatoms. The second-order valence-electron chi connectivity index (χ2n) is 5.03. The van der Waals surface area contributed by atoms with Crippen molar-refractivity contribution in [1.29, 1.82) is 0 Å². The summed E-state index contributed by atoms with van der Waals surface area (Å²) in [6, 6.07) is 0. The fourth-order valence-corrected chi connectivity index (χ4v) is 2.69. The lowest BCUT2D eigenvalue weighted by molar-refractivity contribution is -0.221. The van der Waals surface area contributed by atoms with Crippen molar-refractivity contribution in [2.75, 3.05) is 19.7 Å². The Balaban J connectivity index is 1.97. The van der Waals surface area contributed by atoms with Gasteiger partial charge in [0.1, 0.15) is 0 Å². The van der Waals surface area contributed by atoms with Crippen molar-refractivity contribution in [3.05, 3.63) is 0 Å². The number of ether oxygens (including phenoxy) is 1. The van der Waals surface area contributed by atoms with Crippen molar-refractivity contribution >= 4 is 0 Å². The van der Waals surface area contributed by atoms with Gasteiger partial charge in [0.05, 0.1) is 6.61 Å². The lowest BCUT2D eigenvalue weighted by Crippen LogP contribution is -2.39. The maximum Gasteiger partial charge on any atom is 0.415 e. The molecule has 1 atom stereocenters. The summed E-state index contributed by atoms with van der Waals surface area (Å²) in [6.07, 6.45) is -0.468. The van der Waals surface area contributed by atoms with Gasteiger partial charge in [-0.1, -0.05) is 19.3 Å². The first-order valence-electron chi connectivity index (χ1n) is 5.91. The number of halogens is 3. The molecule has 2 nitrogen and oxygen atoms in total. The summed E-state index contributed by atoms with van der Waals surface area (Å²) in [5.74, 6) is 0. The van der Waals surface area contributed by atoms with E-state index in [1.165, 1.54) is 6.42 Å². The van der Waals surface area contributed by atoms with E-state index >= 15 is 0 Å². The minimum atomic E-state index is -4.24. The van der Waals surface area contributed by atoms with Gasteiger partial charge in [0.2, 0.25) is 0 Å². The Labute approximate surface area is 93.5 Å². The van der Waals surface area contributed by atoms with Crippen LogP contribution in [0.5, 0.6) is 0 Å². The van der Waals surface area contributed by atoms with Gasteiger partial charge in [0.25, 0.3) is 0 Å². The summed E-state index contributed by atoms with van der Waals surface area (Å²) in [6.45, 7) is 0.814. The first-order chi connectivity index (χ1) is 7.52. The van der Waals surface area contributed by atoms with Gasteiger partial charge in [-0.25, -0.2) is 0 Å². The minimum Gasteiger partial charge on any atom is -0.367 e. The summed E-state index contributed by atoms with van der Waals surface area (Å²) in [5.41, 5.74) is -0.0434. The van der Waals surface area contributed by atoms with Crippen LogP contribution in [0.15, 0.2) is 0 Å². The Morgan fingerprint density at radius 2 is 1.81 bits per heavy atom. The molecule has 0 aromatic rings. The van der Waals surface area contributed by atoms with Crippen molar-refractivity contribution in [3.8, 4) is 0 Å². The van der Waals surface area contributed by atoms with Crippen molar-refractivity contribution < 1.29 is 17.9 Å². The molecule has 2 rings (SSSR count). The smallest absolute Gasteiger partial charge is 0.367 e. The van der Waals surface area contributed by atoms with E-state index in [1.54, 1.807) is 0 Å². The highest BCUT2D eigenvalue weighted by molar-refractivity contribution is 4.88. The SMILES string of the molecule is FC(F)(F)C1CNCC2(CCCCC2)CO1. The van der Waals surface area contributed by atoms with Crippen LogP contribution in [-0.4, -0.2) is 32.0 Å². The van der Waals surface area contributed by atoms with Gasteiger partial charge in [-0.15, -0.1) is 0 Å². The molecule has 1 saturated carbocycles. The van der Waals surface area contributed by atoms with E-state index in [1.807, 2.05) is 0 Å². The Bertz CT molecular complexity index is 236. The van der Waals surface area contributed by atoms with E-state index in [2.05, 4.69) is 5.32 Å². The van der Waals surface area contributed by atoms with Gasteiger partial charge in [-0.3, -0.25) is 0 Å². The van der Waals surface area contributed by atoms with Gasteiger partial charge >= 0.3 is 6.18 Å². The molecular formula is C11H18F3NO. The summed E-state index contributed by atoms with van der Waals surface area (Å²) in [5, 5.41) is 2.92. The van der Waals surface area contributed by atoms with E-state index < -0.39 is 12.3 Å². The predicted molar refractivity (Wildman–Crippen MR) is 54.2 cm³/mol.